The molecule has 2 aromatic carbocycles. The van der Waals surface area contributed by atoms with E-state index in [0.29, 0.717) is 6.54 Å². The number of aromatic nitrogens is 2. The van der Waals surface area contributed by atoms with E-state index < -0.39 is 0 Å². The van der Waals surface area contributed by atoms with Crippen molar-refractivity contribution < 1.29 is 0 Å². The molecule has 1 saturated heterocycles. The molecule has 0 amide bonds. The van der Waals surface area contributed by atoms with Crippen LogP contribution < -0.4 is 10.5 Å². The SMILES string of the molecule is Cc1c(CN2CCN(c3ccccc3)CC2)c(=O)n(-c2ccccc2)n1C. The van der Waals surface area contributed by atoms with Crippen LogP contribution in [0.2, 0.25) is 0 Å². The van der Waals surface area contributed by atoms with Crippen LogP contribution in [0.15, 0.2) is 65.5 Å². The minimum absolute atomic E-state index is 0.0895. The van der Waals surface area contributed by atoms with Gasteiger partial charge < -0.3 is 4.90 Å². The van der Waals surface area contributed by atoms with E-state index in [2.05, 4.69) is 40.1 Å². The van der Waals surface area contributed by atoms with Crippen LogP contribution in [-0.2, 0) is 13.6 Å². The van der Waals surface area contributed by atoms with Gasteiger partial charge in [0.1, 0.15) is 0 Å². The minimum atomic E-state index is 0.0895. The molecule has 140 valence electrons. The van der Waals surface area contributed by atoms with Gasteiger partial charge in [0.25, 0.3) is 5.56 Å². The molecular weight excluding hydrogens is 336 g/mol. The summed E-state index contributed by atoms with van der Waals surface area (Å²) in [5.74, 6) is 0. The van der Waals surface area contributed by atoms with Gasteiger partial charge in [0.15, 0.2) is 0 Å². The minimum Gasteiger partial charge on any atom is -0.369 e. The molecule has 3 aromatic rings. The van der Waals surface area contributed by atoms with Gasteiger partial charge in [-0.3, -0.25) is 14.4 Å². The summed E-state index contributed by atoms with van der Waals surface area (Å²) >= 11 is 0. The number of nitrogens with zero attached hydrogens (tertiary/aromatic N) is 4. The molecule has 27 heavy (non-hydrogen) atoms. The van der Waals surface area contributed by atoms with E-state index in [1.807, 2.05) is 49.0 Å². The Hall–Kier alpha value is -2.79. The van der Waals surface area contributed by atoms with Gasteiger partial charge in [0.2, 0.25) is 0 Å². The normalized spacial score (nSPS) is 15.3. The molecule has 1 aromatic heterocycles. The second-order valence-corrected chi connectivity index (χ2v) is 7.14. The standard InChI is InChI=1S/C22H26N4O/c1-18-21(22(27)26(23(18)2)20-11-7-4-8-12-20)17-24-13-15-25(16-14-24)19-9-5-3-6-10-19/h3-12H,13-17H2,1-2H3. The molecule has 1 aliphatic rings. The van der Waals surface area contributed by atoms with Crippen LogP contribution >= 0.6 is 0 Å². The Balaban J connectivity index is 1.50. The molecule has 1 aliphatic heterocycles. The number of piperazine rings is 1. The molecular formula is C22H26N4O. The van der Waals surface area contributed by atoms with E-state index in [9.17, 15) is 4.79 Å². The van der Waals surface area contributed by atoms with E-state index in [1.54, 1.807) is 4.68 Å². The molecule has 5 heteroatoms. The van der Waals surface area contributed by atoms with Crippen molar-refractivity contribution in [1.82, 2.24) is 14.3 Å². The van der Waals surface area contributed by atoms with Crippen molar-refractivity contribution in [2.75, 3.05) is 31.1 Å². The summed E-state index contributed by atoms with van der Waals surface area (Å²) in [6, 6.07) is 20.4. The van der Waals surface area contributed by atoms with Crippen LogP contribution in [0.3, 0.4) is 0 Å². The zero-order valence-electron chi connectivity index (χ0n) is 16.0. The largest absolute Gasteiger partial charge is 0.369 e. The molecule has 2 heterocycles. The van der Waals surface area contributed by atoms with Crippen LogP contribution in [0.5, 0.6) is 0 Å². The second-order valence-electron chi connectivity index (χ2n) is 7.14. The van der Waals surface area contributed by atoms with Crippen LogP contribution in [0.1, 0.15) is 11.3 Å². The molecule has 0 unspecified atom stereocenters. The summed E-state index contributed by atoms with van der Waals surface area (Å²) < 4.78 is 3.73. The van der Waals surface area contributed by atoms with E-state index in [4.69, 9.17) is 0 Å². The molecule has 0 bridgehead atoms. The molecule has 5 nitrogen and oxygen atoms in total. The lowest BCUT2D eigenvalue weighted by atomic mass is 10.2. The van der Waals surface area contributed by atoms with Gasteiger partial charge in [-0.15, -0.1) is 0 Å². The van der Waals surface area contributed by atoms with Gasteiger partial charge in [-0.2, -0.15) is 0 Å². The monoisotopic (exact) mass is 362 g/mol. The Bertz CT molecular complexity index is 951. The summed E-state index contributed by atoms with van der Waals surface area (Å²) in [6.45, 7) is 6.66. The lowest BCUT2D eigenvalue weighted by molar-refractivity contribution is 0.248. The summed E-state index contributed by atoms with van der Waals surface area (Å²) in [4.78, 5) is 17.9. The first-order chi connectivity index (χ1) is 13.1. The third kappa shape index (κ3) is 3.43. The van der Waals surface area contributed by atoms with Crippen molar-refractivity contribution in [3.8, 4) is 5.69 Å². The molecule has 0 aliphatic carbocycles. The Labute approximate surface area is 160 Å². The van der Waals surface area contributed by atoms with Gasteiger partial charge in [0.05, 0.1) is 11.3 Å². The fourth-order valence-electron chi connectivity index (χ4n) is 3.83. The van der Waals surface area contributed by atoms with Crippen molar-refractivity contribution >= 4 is 5.69 Å². The number of hydrogen-bond acceptors (Lipinski definition) is 3. The summed E-state index contributed by atoms with van der Waals surface area (Å²) in [6.07, 6.45) is 0. The first-order valence-corrected chi connectivity index (χ1v) is 9.50. The van der Waals surface area contributed by atoms with Crippen LogP contribution in [0.4, 0.5) is 5.69 Å². The average Bonchev–Trinajstić information content (AvgIpc) is 2.93. The number of para-hydroxylation sites is 2. The third-order valence-corrected chi connectivity index (χ3v) is 5.55. The zero-order valence-corrected chi connectivity index (χ0v) is 16.0. The molecule has 0 spiro atoms. The summed E-state index contributed by atoms with van der Waals surface area (Å²) in [5, 5.41) is 0. The molecule has 0 atom stereocenters. The zero-order chi connectivity index (χ0) is 18.8. The fourth-order valence-corrected chi connectivity index (χ4v) is 3.83. The van der Waals surface area contributed by atoms with Crippen molar-refractivity contribution in [2.45, 2.75) is 13.5 Å². The maximum atomic E-state index is 13.1. The van der Waals surface area contributed by atoms with Gasteiger partial charge in [-0.05, 0) is 31.2 Å². The summed E-state index contributed by atoms with van der Waals surface area (Å²) in [7, 11) is 1.96. The molecule has 4 rings (SSSR count). The first kappa shape index (κ1) is 17.6. The Morgan fingerprint density at radius 2 is 1.37 bits per heavy atom. The van der Waals surface area contributed by atoms with Crippen molar-refractivity contribution in [1.29, 1.82) is 0 Å². The quantitative estimate of drug-likeness (QED) is 0.716. The third-order valence-electron chi connectivity index (χ3n) is 5.55. The molecule has 0 saturated carbocycles. The predicted molar refractivity (Wildman–Crippen MR) is 110 cm³/mol. The smallest absolute Gasteiger partial charge is 0.276 e. The highest BCUT2D eigenvalue weighted by Gasteiger charge is 2.22. The second kappa shape index (κ2) is 7.45. The van der Waals surface area contributed by atoms with E-state index >= 15 is 0 Å². The van der Waals surface area contributed by atoms with E-state index in [1.165, 1.54) is 5.69 Å². The maximum Gasteiger partial charge on any atom is 0.276 e. The highest BCUT2D eigenvalue weighted by molar-refractivity contribution is 5.46. The first-order valence-electron chi connectivity index (χ1n) is 9.50. The highest BCUT2D eigenvalue weighted by atomic mass is 16.1. The lowest BCUT2D eigenvalue weighted by Crippen LogP contribution is -2.46. The topological polar surface area (TPSA) is 33.4 Å². The highest BCUT2D eigenvalue weighted by Crippen LogP contribution is 2.17. The molecule has 0 N–H and O–H groups in total. The lowest BCUT2D eigenvalue weighted by Gasteiger charge is -2.36. The maximum absolute atomic E-state index is 13.1. The fraction of sp³-hybridized carbons (Fsp3) is 0.318. The number of hydrogen-bond donors (Lipinski definition) is 0. The number of benzene rings is 2. The van der Waals surface area contributed by atoms with Crippen LogP contribution in [-0.4, -0.2) is 40.4 Å². The number of anilines is 1. The average molecular weight is 362 g/mol. The Morgan fingerprint density at radius 1 is 0.815 bits per heavy atom. The molecule has 1 fully saturated rings. The van der Waals surface area contributed by atoms with E-state index in [-0.39, 0.29) is 5.56 Å². The predicted octanol–water partition coefficient (Wildman–Crippen LogP) is 2.81. The Kier molecular flexibility index (Phi) is 4.86. The van der Waals surface area contributed by atoms with Crippen molar-refractivity contribution in [3.05, 3.63) is 82.3 Å². The van der Waals surface area contributed by atoms with Crippen LogP contribution in [0, 0.1) is 6.92 Å². The Morgan fingerprint density at radius 3 is 1.96 bits per heavy atom. The van der Waals surface area contributed by atoms with Crippen molar-refractivity contribution in [2.24, 2.45) is 7.05 Å². The van der Waals surface area contributed by atoms with Gasteiger partial charge in [0, 0.05) is 51.2 Å². The van der Waals surface area contributed by atoms with Gasteiger partial charge >= 0.3 is 0 Å². The molecule has 0 radical (unpaired) electrons. The van der Waals surface area contributed by atoms with Crippen LogP contribution in [0.25, 0.3) is 5.69 Å². The number of rotatable bonds is 4. The van der Waals surface area contributed by atoms with E-state index in [0.717, 1.165) is 43.1 Å². The summed E-state index contributed by atoms with van der Waals surface area (Å²) in [5.41, 5.74) is 4.21. The van der Waals surface area contributed by atoms with Gasteiger partial charge in [-0.1, -0.05) is 36.4 Å². The van der Waals surface area contributed by atoms with Gasteiger partial charge in [-0.25, -0.2) is 4.68 Å². The van der Waals surface area contributed by atoms with Crippen molar-refractivity contribution in [3.63, 3.8) is 0 Å².